The second kappa shape index (κ2) is 7.19. The molecule has 0 atom stereocenters. The van der Waals surface area contributed by atoms with E-state index in [-0.39, 0.29) is 13.2 Å². The Morgan fingerprint density at radius 1 is 1.19 bits per heavy atom. The Balaban J connectivity index is 2.17. The first kappa shape index (κ1) is 15.5. The van der Waals surface area contributed by atoms with Gasteiger partial charge in [-0.3, -0.25) is 0 Å². The van der Waals surface area contributed by atoms with Gasteiger partial charge in [-0.2, -0.15) is 0 Å². The lowest BCUT2D eigenvalue weighted by Crippen LogP contribution is -2.11. The van der Waals surface area contributed by atoms with Gasteiger partial charge in [0.2, 0.25) is 0 Å². The largest absolute Gasteiger partial charge is 0.487 e. The van der Waals surface area contributed by atoms with Crippen LogP contribution >= 0.6 is 0 Å². The Morgan fingerprint density at radius 2 is 1.90 bits per heavy atom. The van der Waals surface area contributed by atoms with Crippen LogP contribution in [0.3, 0.4) is 0 Å². The van der Waals surface area contributed by atoms with Crippen molar-refractivity contribution in [3.05, 3.63) is 40.7 Å². The average Bonchev–Trinajstić information content (AvgIpc) is 2.86. The third kappa shape index (κ3) is 3.59. The van der Waals surface area contributed by atoms with E-state index < -0.39 is 0 Å². The minimum Gasteiger partial charge on any atom is -0.487 e. The van der Waals surface area contributed by atoms with Gasteiger partial charge in [0.25, 0.3) is 0 Å². The molecule has 2 aromatic rings. The molecule has 1 aromatic heterocycles. The van der Waals surface area contributed by atoms with Gasteiger partial charge >= 0.3 is 0 Å². The number of nitrogens with zero attached hydrogens (tertiary/aromatic N) is 3. The summed E-state index contributed by atoms with van der Waals surface area (Å²) in [7, 11) is 0. The maximum Gasteiger partial charge on any atom is 0.132 e. The van der Waals surface area contributed by atoms with Crippen molar-refractivity contribution in [1.82, 2.24) is 15.0 Å². The van der Waals surface area contributed by atoms with Crippen LogP contribution in [0.25, 0.3) is 0 Å². The van der Waals surface area contributed by atoms with Crippen LogP contribution in [-0.2, 0) is 19.8 Å². The highest BCUT2D eigenvalue weighted by atomic mass is 16.5. The summed E-state index contributed by atoms with van der Waals surface area (Å²) in [5.41, 5.74) is 3.39. The summed E-state index contributed by atoms with van der Waals surface area (Å²) in [4.78, 5) is 0. The van der Waals surface area contributed by atoms with Crippen LogP contribution in [0.4, 0.5) is 0 Å². The third-order valence-corrected chi connectivity index (χ3v) is 3.36. The lowest BCUT2D eigenvalue weighted by atomic mass is 10.1. The molecule has 21 heavy (non-hydrogen) atoms. The first-order valence-corrected chi connectivity index (χ1v) is 6.99. The monoisotopic (exact) mass is 291 g/mol. The highest BCUT2D eigenvalue weighted by Gasteiger charge is 2.14. The third-order valence-electron chi connectivity index (χ3n) is 3.36. The second-order valence-electron chi connectivity index (χ2n) is 4.95. The van der Waals surface area contributed by atoms with Crippen molar-refractivity contribution < 1.29 is 14.9 Å². The van der Waals surface area contributed by atoms with Crippen LogP contribution in [0.5, 0.6) is 5.75 Å². The number of aryl methyl sites for hydroxylation is 3. The van der Waals surface area contributed by atoms with Crippen molar-refractivity contribution in [3.8, 4) is 5.75 Å². The molecule has 2 N–H and O–H groups in total. The van der Waals surface area contributed by atoms with Crippen molar-refractivity contribution >= 4 is 0 Å². The van der Waals surface area contributed by atoms with E-state index in [9.17, 15) is 5.11 Å². The summed E-state index contributed by atoms with van der Waals surface area (Å²) in [6.07, 6.45) is 0.588. The van der Waals surface area contributed by atoms with Crippen molar-refractivity contribution in [1.29, 1.82) is 0 Å². The zero-order valence-corrected chi connectivity index (χ0v) is 12.4. The molecular weight excluding hydrogens is 270 g/mol. The highest BCUT2D eigenvalue weighted by Crippen LogP contribution is 2.23. The van der Waals surface area contributed by atoms with Gasteiger partial charge in [0.15, 0.2) is 0 Å². The standard InChI is InChI=1S/C15H21N3O3/c1-11-5-3-6-12(2)15(11)21-10-14-13(9-20)16-17-18(14)7-4-8-19/h3,5-6,19-20H,4,7-10H2,1-2H3. The number of aromatic nitrogens is 3. The summed E-state index contributed by atoms with van der Waals surface area (Å²) in [5, 5.41) is 26.2. The first-order chi connectivity index (χ1) is 10.2. The average molecular weight is 291 g/mol. The SMILES string of the molecule is Cc1cccc(C)c1OCc1c(CO)nnn1CCCO. The van der Waals surface area contributed by atoms with Gasteiger partial charge in [-0.15, -0.1) is 5.10 Å². The van der Waals surface area contributed by atoms with Gasteiger partial charge in [0.05, 0.1) is 6.61 Å². The second-order valence-corrected chi connectivity index (χ2v) is 4.95. The number of para-hydroxylation sites is 1. The fraction of sp³-hybridized carbons (Fsp3) is 0.467. The Hall–Kier alpha value is -1.92. The van der Waals surface area contributed by atoms with Gasteiger partial charge in [0.1, 0.15) is 23.7 Å². The lowest BCUT2D eigenvalue weighted by molar-refractivity contribution is 0.254. The number of ether oxygens (including phenoxy) is 1. The highest BCUT2D eigenvalue weighted by molar-refractivity contribution is 5.39. The lowest BCUT2D eigenvalue weighted by Gasteiger charge is -2.13. The molecule has 1 heterocycles. The smallest absolute Gasteiger partial charge is 0.132 e. The molecule has 0 aliphatic carbocycles. The molecule has 0 aliphatic rings. The molecule has 0 amide bonds. The molecule has 6 nitrogen and oxygen atoms in total. The van der Waals surface area contributed by atoms with Gasteiger partial charge in [-0.1, -0.05) is 23.4 Å². The predicted molar refractivity (Wildman–Crippen MR) is 77.9 cm³/mol. The quantitative estimate of drug-likeness (QED) is 0.805. The van der Waals surface area contributed by atoms with Crippen LogP contribution in [-0.4, -0.2) is 31.8 Å². The van der Waals surface area contributed by atoms with E-state index in [1.54, 1.807) is 4.68 Å². The molecule has 6 heteroatoms. The topological polar surface area (TPSA) is 80.4 Å². The molecule has 0 aliphatic heterocycles. The summed E-state index contributed by atoms with van der Waals surface area (Å²) < 4.78 is 7.58. The van der Waals surface area contributed by atoms with Crippen LogP contribution in [0.2, 0.25) is 0 Å². The van der Waals surface area contributed by atoms with Crippen LogP contribution in [0.1, 0.15) is 28.9 Å². The number of hydrogen-bond donors (Lipinski definition) is 2. The molecule has 0 spiro atoms. The number of benzene rings is 1. The molecule has 114 valence electrons. The molecule has 0 fully saturated rings. The Labute approximate surface area is 124 Å². The maximum atomic E-state index is 9.34. The number of aliphatic hydroxyl groups is 2. The summed E-state index contributed by atoms with van der Waals surface area (Å²) in [6.45, 7) is 4.75. The van der Waals surface area contributed by atoms with Crippen molar-refractivity contribution in [2.75, 3.05) is 6.61 Å². The first-order valence-electron chi connectivity index (χ1n) is 6.99. The molecule has 1 aromatic carbocycles. The number of aliphatic hydroxyl groups excluding tert-OH is 2. The predicted octanol–water partition coefficient (Wildman–Crippen LogP) is 1.35. The van der Waals surface area contributed by atoms with E-state index in [4.69, 9.17) is 9.84 Å². The fourth-order valence-electron chi connectivity index (χ4n) is 2.22. The Kier molecular flexibility index (Phi) is 5.30. The van der Waals surface area contributed by atoms with Gasteiger partial charge in [-0.05, 0) is 31.4 Å². The van der Waals surface area contributed by atoms with Gasteiger partial charge in [-0.25, -0.2) is 4.68 Å². The minimum absolute atomic E-state index is 0.0888. The molecule has 0 radical (unpaired) electrons. The van der Waals surface area contributed by atoms with Crippen molar-refractivity contribution in [2.24, 2.45) is 0 Å². The van der Waals surface area contributed by atoms with Crippen LogP contribution in [0.15, 0.2) is 18.2 Å². The summed E-state index contributed by atoms with van der Waals surface area (Å²) in [5.74, 6) is 0.844. The van der Waals surface area contributed by atoms with Gasteiger partial charge < -0.3 is 14.9 Å². The molecule has 2 rings (SSSR count). The summed E-state index contributed by atoms with van der Waals surface area (Å²) in [6, 6.07) is 5.98. The molecule has 0 bridgehead atoms. The van der Waals surface area contributed by atoms with E-state index in [1.807, 2.05) is 32.0 Å². The maximum absolute atomic E-state index is 9.34. The zero-order chi connectivity index (χ0) is 15.2. The molecular formula is C15H21N3O3. The number of hydrogen-bond acceptors (Lipinski definition) is 5. The van der Waals surface area contributed by atoms with E-state index >= 15 is 0 Å². The van der Waals surface area contributed by atoms with E-state index in [2.05, 4.69) is 10.3 Å². The van der Waals surface area contributed by atoms with Crippen molar-refractivity contribution in [3.63, 3.8) is 0 Å². The molecule has 0 saturated carbocycles. The molecule has 0 saturated heterocycles. The Morgan fingerprint density at radius 3 is 2.52 bits per heavy atom. The normalized spacial score (nSPS) is 10.9. The van der Waals surface area contributed by atoms with Crippen molar-refractivity contribution in [2.45, 2.75) is 40.0 Å². The Bertz CT molecular complexity index is 576. The minimum atomic E-state index is -0.176. The molecule has 0 unspecified atom stereocenters. The van der Waals surface area contributed by atoms with Gasteiger partial charge in [0, 0.05) is 13.2 Å². The van der Waals surface area contributed by atoms with E-state index in [0.717, 1.165) is 22.6 Å². The van der Waals surface area contributed by atoms with E-state index in [0.29, 0.717) is 25.3 Å². The fourth-order valence-corrected chi connectivity index (χ4v) is 2.22. The van der Waals surface area contributed by atoms with Crippen LogP contribution in [0, 0.1) is 13.8 Å². The van der Waals surface area contributed by atoms with E-state index in [1.165, 1.54) is 0 Å². The summed E-state index contributed by atoms with van der Waals surface area (Å²) >= 11 is 0. The zero-order valence-electron chi connectivity index (χ0n) is 12.4. The number of rotatable bonds is 7. The van der Waals surface area contributed by atoms with Crippen LogP contribution < -0.4 is 4.74 Å².